The number of aliphatic hydroxyl groups is 1. The van der Waals surface area contributed by atoms with Crippen molar-refractivity contribution >= 4 is 27.7 Å². The molecule has 1 heterocycles. The fourth-order valence-corrected chi connectivity index (χ4v) is 7.47. The van der Waals surface area contributed by atoms with Crippen LogP contribution in [0.1, 0.15) is 29.2 Å². The first-order valence-corrected chi connectivity index (χ1v) is 14.1. The van der Waals surface area contributed by atoms with Crippen LogP contribution in [0.5, 0.6) is 0 Å². The molecule has 35 heavy (non-hydrogen) atoms. The molecule has 0 aromatic heterocycles. The van der Waals surface area contributed by atoms with E-state index < -0.39 is 21.4 Å². The van der Waals surface area contributed by atoms with Crippen LogP contribution < -0.4 is 5.32 Å². The Morgan fingerprint density at radius 3 is 2.40 bits per heavy atom. The fourth-order valence-electron chi connectivity index (χ4n) is 4.39. The smallest absolute Gasteiger partial charge is 0.249 e. The molecule has 0 saturated carbocycles. The Labute approximate surface area is 211 Å². The quantitative estimate of drug-likeness (QED) is 0.473. The third-order valence-corrected chi connectivity index (χ3v) is 9.39. The van der Waals surface area contributed by atoms with Gasteiger partial charge in [0.25, 0.3) is 0 Å². The van der Waals surface area contributed by atoms with Crippen LogP contribution in [0, 0.1) is 13.8 Å². The van der Waals surface area contributed by atoms with Gasteiger partial charge in [0.1, 0.15) is 5.37 Å². The van der Waals surface area contributed by atoms with Crippen LogP contribution in [0.4, 0.5) is 0 Å². The molecule has 0 aliphatic carbocycles. The molecular formula is C27H30N2O4S2. The molecule has 1 aliphatic rings. The number of amides is 1. The molecule has 3 aromatic carbocycles. The van der Waals surface area contributed by atoms with Crippen LogP contribution in [0.25, 0.3) is 11.1 Å². The molecule has 2 N–H and O–H groups in total. The van der Waals surface area contributed by atoms with Crippen molar-refractivity contribution in [3.05, 3.63) is 89.5 Å². The standard InChI is InChI=1S/C27H30N2O4S2/c1-19-8-13-24(20(2)18-19)25(14-16-30)28-26(31)27-29(15-17-34-27)35(32,33)23-11-9-22(10-12-23)21-6-4-3-5-7-21/h3-13,18,25,27,30H,14-17H2,1-2H3,(H,28,31). The molecular weight excluding hydrogens is 480 g/mol. The third kappa shape index (κ3) is 5.62. The SMILES string of the molecule is Cc1ccc(C(CCO)NC(=O)C2SCCN2S(=O)(=O)c2ccc(-c3ccccc3)cc2)c(C)c1. The van der Waals surface area contributed by atoms with Crippen molar-refractivity contribution in [3.8, 4) is 11.1 Å². The number of nitrogens with zero attached hydrogens (tertiary/aromatic N) is 1. The molecule has 1 amide bonds. The number of aryl methyl sites for hydroxylation is 2. The van der Waals surface area contributed by atoms with E-state index in [-0.39, 0.29) is 24.0 Å². The van der Waals surface area contributed by atoms with Gasteiger partial charge < -0.3 is 10.4 Å². The number of thioether (sulfide) groups is 1. The van der Waals surface area contributed by atoms with E-state index in [1.165, 1.54) is 16.1 Å². The molecule has 3 aromatic rings. The summed E-state index contributed by atoms with van der Waals surface area (Å²) in [7, 11) is -3.86. The summed E-state index contributed by atoms with van der Waals surface area (Å²) < 4.78 is 28.2. The number of nitrogens with one attached hydrogen (secondary N) is 1. The minimum absolute atomic E-state index is 0.0914. The van der Waals surface area contributed by atoms with Crippen molar-refractivity contribution in [1.82, 2.24) is 9.62 Å². The van der Waals surface area contributed by atoms with E-state index in [0.717, 1.165) is 27.8 Å². The maximum Gasteiger partial charge on any atom is 0.249 e. The minimum Gasteiger partial charge on any atom is -0.396 e. The second-order valence-electron chi connectivity index (χ2n) is 8.66. The maximum atomic E-state index is 13.5. The van der Waals surface area contributed by atoms with Crippen LogP contribution in [0.15, 0.2) is 77.7 Å². The number of carbonyl (C=O) groups excluding carboxylic acids is 1. The first-order valence-electron chi connectivity index (χ1n) is 11.6. The molecule has 6 nitrogen and oxygen atoms in total. The number of carbonyl (C=O) groups is 1. The monoisotopic (exact) mass is 510 g/mol. The van der Waals surface area contributed by atoms with E-state index in [4.69, 9.17) is 0 Å². The second-order valence-corrected chi connectivity index (χ2v) is 11.7. The number of hydrogen-bond donors (Lipinski definition) is 2. The van der Waals surface area contributed by atoms with Gasteiger partial charge >= 0.3 is 0 Å². The lowest BCUT2D eigenvalue weighted by atomic mass is 9.97. The van der Waals surface area contributed by atoms with Gasteiger partial charge in [0, 0.05) is 18.9 Å². The van der Waals surface area contributed by atoms with Gasteiger partial charge in [-0.25, -0.2) is 8.42 Å². The molecule has 0 radical (unpaired) electrons. The zero-order valence-electron chi connectivity index (χ0n) is 19.8. The van der Waals surface area contributed by atoms with Crippen LogP contribution in [-0.4, -0.2) is 48.0 Å². The molecule has 1 fully saturated rings. The normalized spacial score (nSPS) is 17.3. The molecule has 4 rings (SSSR count). The molecule has 8 heteroatoms. The van der Waals surface area contributed by atoms with Crippen molar-refractivity contribution in [2.24, 2.45) is 0 Å². The molecule has 2 atom stereocenters. The van der Waals surface area contributed by atoms with Crippen molar-refractivity contribution in [2.75, 3.05) is 18.9 Å². The van der Waals surface area contributed by atoms with E-state index in [9.17, 15) is 18.3 Å². The molecule has 184 valence electrons. The van der Waals surface area contributed by atoms with Gasteiger partial charge in [-0.15, -0.1) is 11.8 Å². The molecule has 0 bridgehead atoms. The highest BCUT2D eigenvalue weighted by Gasteiger charge is 2.40. The average Bonchev–Trinajstić information content (AvgIpc) is 3.36. The molecule has 0 spiro atoms. The minimum atomic E-state index is -3.86. The van der Waals surface area contributed by atoms with Crippen molar-refractivity contribution < 1.29 is 18.3 Å². The fraction of sp³-hybridized carbons (Fsp3) is 0.296. The zero-order chi connectivity index (χ0) is 25.0. The highest BCUT2D eigenvalue weighted by Crippen LogP contribution is 2.32. The number of sulfonamides is 1. The molecule has 1 saturated heterocycles. The third-order valence-electron chi connectivity index (χ3n) is 6.18. The van der Waals surface area contributed by atoms with Crippen LogP contribution in [-0.2, 0) is 14.8 Å². The van der Waals surface area contributed by atoms with Crippen molar-refractivity contribution in [1.29, 1.82) is 0 Å². The van der Waals surface area contributed by atoms with Gasteiger partial charge in [-0.2, -0.15) is 4.31 Å². The maximum absolute atomic E-state index is 13.5. The predicted octanol–water partition coefficient (Wildman–Crippen LogP) is 4.27. The predicted molar refractivity (Wildman–Crippen MR) is 141 cm³/mol. The summed E-state index contributed by atoms with van der Waals surface area (Å²) in [6.07, 6.45) is 0.348. The summed E-state index contributed by atoms with van der Waals surface area (Å²) in [4.78, 5) is 13.5. The van der Waals surface area contributed by atoms with E-state index >= 15 is 0 Å². The first kappa shape index (κ1) is 25.4. The van der Waals surface area contributed by atoms with Gasteiger partial charge in [-0.3, -0.25) is 4.79 Å². The highest BCUT2D eigenvalue weighted by molar-refractivity contribution is 8.02. The highest BCUT2D eigenvalue weighted by atomic mass is 32.2. The summed E-state index contributed by atoms with van der Waals surface area (Å²) in [6.45, 7) is 4.14. The summed E-state index contributed by atoms with van der Waals surface area (Å²) >= 11 is 1.31. The van der Waals surface area contributed by atoms with E-state index in [1.807, 2.05) is 62.4 Å². The van der Waals surface area contributed by atoms with Gasteiger partial charge in [-0.05, 0) is 54.7 Å². The van der Waals surface area contributed by atoms with Crippen molar-refractivity contribution in [3.63, 3.8) is 0 Å². The number of hydrogen-bond acceptors (Lipinski definition) is 5. The topological polar surface area (TPSA) is 86.7 Å². The van der Waals surface area contributed by atoms with Crippen LogP contribution in [0.2, 0.25) is 0 Å². The van der Waals surface area contributed by atoms with Gasteiger partial charge in [0.2, 0.25) is 15.9 Å². The summed E-state index contributed by atoms with van der Waals surface area (Å²) in [5.74, 6) is 0.170. The summed E-state index contributed by atoms with van der Waals surface area (Å²) in [5.41, 5.74) is 4.99. The van der Waals surface area contributed by atoms with Crippen LogP contribution >= 0.6 is 11.8 Å². The number of benzene rings is 3. The van der Waals surface area contributed by atoms with Crippen molar-refractivity contribution in [2.45, 2.75) is 36.6 Å². The summed E-state index contributed by atoms with van der Waals surface area (Å²) in [6, 6.07) is 22.1. The Hall–Kier alpha value is -2.65. The molecule has 1 aliphatic heterocycles. The molecule has 2 unspecified atom stereocenters. The van der Waals surface area contributed by atoms with Gasteiger partial charge in [0.05, 0.1) is 10.9 Å². The van der Waals surface area contributed by atoms with Crippen LogP contribution in [0.3, 0.4) is 0 Å². The second kappa shape index (κ2) is 11.0. The Morgan fingerprint density at radius 2 is 1.74 bits per heavy atom. The van der Waals surface area contributed by atoms with E-state index in [0.29, 0.717) is 12.2 Å². The lowest BCUT2D eigenvalue weighted by Gasteiger charge is -2.26. The Morgan fingerprint density at radius 1 is 1.06 bits per heavy atom. The van der Waals surface area contributed by atoms with E-state index in [1.54, 1.807) is 24.3 Å². The average molecular weight is 511 g/mol. The number of rotatable bonds is 8. The number of aliphatic hydroxyl groups excluding tert-OH is 1. The Balaban J connectivity index is 1.54. The Kier molecular flexibility index (Phi) is 7.96. The lowest BCUT2D eigenvalue weighted by molar-refractivity contribution is -0.123. The largest absolute Gasteiger partial charge is 0.396 e. The van der Waals surface area contributed by atoms with E-state index in [2.05, 4.69) is 5.32 Å². The zero-order valence-corrected chi connectivity index (χ0v) is 21.5. The summed E-state index contributed by atoms with van der Waals surface area (Å²) in [5, 5.41) is 11.7. The van der Waals surface area contributed by atoms with Gasteiger partial charge in [0.15, 0.2) is 0 Å². The Bertz CT molecular complexity index is 1280. The lowest BCUT2D eigenvalue weighted by Crippen LogP contribution is -2.45. The van der Waals surface area contributed by atoms with Gasteiger partial charge in [-0.1, -0.05) is 66.2 Å². The first-order chi connectivity index (χ1) is 16.8.